The van der Waals surface area contributed by atoms with Crippen molar-refractivity contribution in [3.05, 3.63) is 144 Å². The Balaban J connectivity index is 1.56. The first-order chi connectivity index (χ1) is 23.0. The van der Waals surface area contributed by atoms with E-state index >= 15 is 0 Å². The molecule has 9 heteroatoms. The molecule has 0 saturated carbocycles. The van der Waals surface area contributed by atoms with E-state index in [-0.39, 0.29) is 28.4 Å². The zero-order valence-corrected chi connectivity index (χ0v) is 24.7. The van der Waals surface area contributed by atoms with Gasteiger partial charge in [-0.3, -0.25) is 0 Å². The summed E-state index contributed by atoms with van der Waals surface area (Å²) < 4.78 is 88.8. The molecule has 0 unspecified atom stereocenters. The summed E-state index contributed by atoms with van der Waals surface area (Å²) in [5.74, 6) is 0. The summed E-state index contributed by atoms with van der Waals surface area (Å²) in [7, 11) is 0. The molecule has 0 aliphatic carbocycles. The number of aromatic nitrogens is 2. The maximum atomic E-state index is 14.2. The molecule has 0 spiro atoms. The lowest BCUT2D eigenvalue weighted by Crippen LogP contribution is -2.11. The van der Waals surface area contributed by atoms with Crippen LogP contribution in [-0.4, -0.2) is 9.13 Å². The molecule has 234 valence electrons. The first kappa shape index (κ1) is 29.4. The van der Waals surface area contributed by atoms with Crippen LogP contribution in [0.1, 0.15) is 16.7 Å². The van der Waals surface area contributed by atoms with Crippen molar-refractivity contribution < 1.29 is 26.3 Å². The number of hydrogen-bond donors (Lipinski definition) is 0. The number of alkyl halides is 6. The normalized spacial score (nSPS) is 12.4. The van der Waals surface area contributed by atoms with E-state index in [1.54, 1.807) is 22.8 Å². The van der Waals surface area contributed by atoms with Crippen LogP contribution < -0.4 is 0 Å². The predicted octanol–water partition coefficient (Wildman–Crippen LogP) is 11.5. The quantitative estimate of drug-likeness (QED) is 0.176. The molecule has 0 saturated heterocycles. The lowest BCUT2D eigenvalue weighted by molar-refractivity contribution is -0.143. The monoisotopic (exact) mass is 645 g/mol. The fraction of sp³-hybridized carbons (Fsp3) is 0.0513. The van der Waals surface area contributed by atoms with Crippen molar-refractivity contribution in [3.63, 3.8) is 0 Å². The Hall–Kier alpha value is -6.01. The van der Waals surface area contributed by atoms with E-state index in [9.17, 15) is 31.6 Å². The van der Waals surface area contributed by atoms with Gasteiger partial charge in [0.05, 0.1) is 50.1 Å². The molecule has 0 fully saturated rings. The van der Waals surface area contributed by atoms with E-state index < -0.39 is 23.5 Å². The smallest absolute Gasteiger partial charge is 0.309 e. The van der Waals surface area contributed by atoms with Gasteiger partial charge in [0, 0.05) is 27.1 Å². The third-order valence-electron chi connectivity index (χ3n) is 8.78. The van der Waals surface area contributed by atoms with E-state index in [2.05, 4.69) is 6.07 Å². The molecule has 0 atom stereocenters. The summed E-state index contributed by atoms with van der Waals surface area (Å²) >= 11 is 0. The minimum absolute atomic E-state index is 0.0916. The van der Waals surface area contributed by atoms with Gasteiger partial charge in [-0.15, -0.1) is 0 Å². The van der Waals surface area contributed by atoms with Gasteiger partial charge in [-0.05, 0) is 60.2 Å². The van der Waals surface area contributed by atoms with Gasteiger partial charge in [-0.2, -0.15) is 31.6 Å². The molecule has 2 heterocycles. The van der Waals surface area contributed by atoms with Crippen LogP contribution in [-0.2, 0) is 12.4 Å². The number of rotatable bonds is 3. The van der Waals surface area contributed by atoms with Crippen molar-refractivity contribution in [2.45, 2.75) is 12.4 Å². The van der Waals surface area contributed by atoms with Crippen LogP contribution in [0, 0.1) is 11.3 Å². The molecular formula is C39H21F6N3. The number of halogens is 6. The van der Waals surface area contributed by atoms with Crippen LogP contribution in [0.5, 0.6) is 0 Å². The van der Waals surface area contributed by atoms with Crippen molar-refractivity contribution >= 4 is 43.6 Å². The number of nitrogens with zero attached hydrogens (tertiary/aromatic N) is 3. The highest BCUT2D eigenvalue weighted by Crippen LogP contribution is 2.44. The summed E-state index contributed by atoms with van der Waals surface area (Å²) in [6.45, 7) is 0. The molecule has 0 radical (unpaired) electrons. The number of fused-ring (bicyclic) bond motifs is 6. The Bertz CT molecular complexity index is 2480. The van der Waals surface area contributed by atoms with Gasteiger partial charge in [0.15, 0.2) is 0 Å². The molecule has 0 aliphatic rings. The number of benzene rings is 6. The fourth-order valence-electron chi connectivity index (χ4n) is 6.74. The maximum absolute atomic E-state index is 14.2. The second kappa shape index (κ2) is 10.5. The van der Waals surface area contributed by atoms with Gasteiger partial charge in [0.2, 0.25) is 0 Å². The third-order valence-corrected chi connectivity index (χ3v) is 8.78. The molecule has 3 nitrogen and oxygen atoms in total. The first-order valence-corrected chi connectivity index (χ1v) is 14.9. The van der Waals surface area contributed by atoms with Gasteiger partial charge < -0.3 is 9.13 Å². The molecule has 0 aliphatic heterocycles. The lowest BCUT2D eigenvalue weighted by Gasteiger charge is -2.20. The maximum Gasteiger partial charge on any atom is 0.416 e. The number of para-hydroxylation sites is 4. The van der Waals surface area contributed by atoms with E-state index in [0.717, 1.165) is 44.7 Å². The SMILES string of the molecule is N#Cc1cc(-n2c3ccccc3c3ccccc32)c(-c2cc(C(F)(F)F)cc(C(F)(F)F)c2)cc1-n1c2ccccc2c2ccccc21. The van der Waals surface area contributed by atoms with Gasteiger partial charge in [0.1, 0.15) is 6.07 Å². The molecule has 8 rings (SSSR count). The van der Waals surface area contributed by atoms with Crippen LogP contribution in [0.25, 0.3) is 66.1 Å². The summed E-state index contributed by atoms with van der Waals surface area (Å²) in [5, 5.41) is 14.0. The van der Waals surface area contributed by atoms with Crippen LogP contribution in [0.2, 0.25) is 0 Å². The highest BCUT2D eigenvalue weighted by molar-refractivity contribution is 6.11. The predicted molar refractivity (Wildman–Crippen MR) is 175 cm³/mol. The highest BCUT2D eigenvalue weighted by Gasteiger charge is 2.37. The summed E-state index contributed by atoms with van der Waals surface area (Å²) in [6.07, 6.45) is -10.1. The topological polar surface area (TPSA) is 33.6 Å². The molecule has 0 bridgehead atoms. The summed E-state index contributed by atoms with van der Waals surface area (Å²) in [6, 6.07) is 36.8. The van der Waals surface area contributed by atoms with E-state index in [0.29, 0.717) is 16.7 Å². The Morgan fingerprint density at radius 1 is 0.458 bits per heavy atom. The van der Waals surface area contributed by atoms with Crippen molar-refractivity contribution in [1.82, 2.24) is 9.13 Å². The zero-order chi connectivity index (χ0) is 33.4. The molecule has 8 aromatic rings. The van der Waals surface area contributed by atoms with Crippen molar-refractivity contribution in [1.29, 1.82) is 5.26 Å². The third kappa shape index (κ3) is 4.52. The van der Waals surface area contributed by atoms with Crippen molar-refractivity contribution in [3.8, 4) is 28.6 Å². The van der Waals surface area contributed by atoms with E-state index in [4.69, 9.17) is 0 Å². The second-order valence-electron chi connectivity index (χ2n) is 11.5. The van der Waals surface area contributed by atoms with Crippen molar-refractivity contribution in [2.24, 2.45) is 0 Å². The van der Waals surface area contributed by atoms with Gasteiger partial charge in [-0.1, -0.05) is 72.8 Å². The van der Waals surface area contributed by atoms with Gasteiger partial charge in [0.25, 0.3) is 0 Å². The Morgan fingerprint density at radius 3 is 1.21 bits per heavy atom. The largest absolute Gasteiger partial charge is 0.416 e. The summed E-state index contributed by atoms with van der Waals surface area (Å²) in [5.41, 5.74) is 0.525. The molecule has 0 amide bonds. The van der Waals surface area contributed by atoms with E-state index in [1.165, 1.54) is 6.07 Å². The molecule has 48 heavy (non-hydrogen) atoms. The summed E-state index contributed by atoms with van der Waals surface area (Å²) in [4.78, 5) is 0. The average molecular weight is 646 g/mol. The van der Waals surface area contributed by atoms with Crippen LogP contribution >= 0.6 is 0 Å². The number of nitriles is 1. The molecule has 6 aromatic carbocycles. The van der Waals surface area contributed by atoms with E-state index in [1.807, 2.05) is 89.5 Å². The highest BCUT2D eigenvalue weighted by atomic mass is 19.4. The average Bonchev–Trinajstić information content (AvgIpc) is 3.60. The molecule has 0 N–H and O–H groups in total. The number of hydrogen-bond acceptors (Lipinski definition) is 1. The van der Waals surface area contributed by atoms with Crippen LogP contribution in [0.15, 0.2) is 127 Å². The lowest BCUT2D eigenvalue weighted by atomic mass is 9.95. The van der Waals surface area contributed by atoms with Crippen LogP contribution in [0.3, 0.4) is 0 Å². The fourth-order valence-corrected chi connectivity index (χ4v) is 6.74. The standard InChI is InChI=1S/C39H21F6N3/c40-38(41,42)25-17-23(18-26(20-25)39(43,44)45)31-21-36(47-32-13-5-1-9-27(32)28-10-2-6-14-33(28)47)24(22-46)19-37(31)48-34-15-7-3-11-29(34)30-12-4-8-16-35(30)48/h1-21H. The second-order valence-corrected chi connectivity index (χ2v) is 11.5. The van der Waals surface area contributed by atoms with Crippen molar-refractivity contribution in [2.75, 3.05) is 0 Å². The Kier molecular flexibility index (Phi) is 6.43. The van der Waals surface area contributed by atoms with Gasteiger partial charge in [-0.25, -0.2) is 0 Å². The van der Waals surface area contributed by atoms with Crippen LogP contribution in [0.4, 0.5) is 26.3 Å². The molecular weight excluding hydrogens is 624 g/mol. The minimum Gasteiger partial charge on any atom is -0.309 e. The first-order valence-electron chi connectivity index (χ1n) is 14.9. The Morgan fingerprint density at radius 2 is 0.833 bits per heavy atom. The molecule has 2 aromatic heterocycles. The minimum atomic E-state index is -5.05. The zero-order valence-electron chi connectivity index (χ0n) is 24.7. The van der Waals surface area contributed by atoms with Gasteiger partial charge >= 0.3 is 12.4 Å². The Labute approximate surface area is 269 Å².